The van der Waals surface area contributed by atoms with Gasteiger partial charge in [-0.1, -0.05) is 26.7 Å². The SMILES string of the molecule is COC1(C)CC(NC(=O)CCCCCCN)C1(C)C. The molecule has 0 aliphatic heterocycles. The first-order valence-electron chi connectivity index (χ1n) is 7.42. The maximum atomic E-state index is 11.9. The number of methoxy groups -OCH3 is 1. The normalized spacial score (nSPS) is 28.8. The molecule has 2 atom stereocenters. The molecule has 1 amide bonds. The van der Waals surface area contributed by atoms with E-state index in [9.17, 15) is 4.79 Å². The minimum atomic E-state index is -0.119. The molecule has 4 heteroatoms. The number of unbranched alkanes of at least 4 members (excludes halogenated alkanes) is 3. The van der Waals surface area contributed by atoms with Crippen LogP contribution in [0.5, 0.6) is 0 Å². The van der Waals surface area contributed by atoms with Gasteiger partial charge in [0.25, 0.3) is 0 Å². The van der Waals surface area contributed by atoms with Crippen LogP contribution in [0.3, 0.4) is 0 Å². The molecular formula is C15H30N2O2. The number of nitrogens with one attached hydrogen (secondary N) is 1. The molecule has 0 saturated heterocycles. The van der Waals surface area contributed by atoms with Crippen molar-refractivity contribution in [2.75, 3.05) is 13.7 Å². The van der Waals surface area contributed by atoms with E-state index in [0.717, 1.165) is 38.6 Å². The molecule has 0 radical (unpaired) electrons. The van der Waals surface area contributed by atoms with E-state index >= 15 is 0 Å². The summed E-state index contributed by atoms with van der Waals surface area (Å²) < 4.78 is 5.56. The van der Waals surface area contributed by atoms with E-state index in [2.05, 4.69) is 26.1 Å². The van der Waals surface area contributed by atoms with Crippen LogP contribution in [0.2, 0.25) is 0 Å². The lowest BCUT2D eigenvalue weighted by atomic mass is 9.56. The average Bonchev–Trinajstić information content (AvgIpc) is 2.37. The van der Waals surface area contributed by atoms with Gasteiger partial charge in [0, 0.05) is 25.0 Å². The Kier molecular flexibility index (Phi) is 5.81. The van der Waals surface area contributed by atoms with Crippen LogP contribution >= 0.6 is 0 Å². The molecule has 0 aromatic rings. The van der Waals surface area contributed by atoms with Crippen LogP contribution in [0.25, 0.3) is 0 Å². The van der Waals surface area contributed by atoms with Crippen molar-refractivity contribution >= 4 is 5.91 Å². The third-order valence-electron chi connectivity index (χ3n) is 4.97. The summed E-state index contributed by atoms with van der Waals surface area (Å²) in [7, 11) is 1.75. The number of carbonyl (C=O) groups is 1. The fraction of sp³-hybridized carbons (Fsp3) is 0.933. The number of carbonyl (C=O) groups excluding carboxylic acids is 1. The van der Waals surface area contributed by atoms with Crippen LogP contribution < -0.4 is 11.1 Å². The molecule has 4 nitrogen and oxygen atoms in total. The van der Waals surface area contributed by atoms with Crippen molar-refractivity contribution in [3.8, 4) is 0 Å². The fourth-order valence-corrected chi connectivity index (χ4v) is 2.77. The molecule has 0 aromatic heterocycles. The van der Waals surface area contributed by atoms with Gasteiger partial charge in [-0.3, -0.25) is 4.79 Å². The third-order valence-corrected chi connectivity index (χ3v) is 4.97. The zero-order valence-electron chi connectivity index (χ0n) is 12.9. The number of rotatable bonds is 8. The minimum absolute atomic E-state index is 0.00302. The second kappa shape index (κ2) is 6.71. The number of hydrogen-bond acceptors (Lipinski definition) is 3. The monoisotopic (exact) mass is 270 g/mol. The van der Waals surface area contributed by atoms with Crippen molar-refractivity contribution in [3.05, 3.63) is 0 Å². The standard InChI is InChI=1S/C15H30N2O2/c1-14(2)12(11-15(14,3)19-4)17-13(18)9-7-5-6-8-10-16/h12H,5-11,16H2,1-4H3,(H,17,18). The molecule has 112 valence electrons. The number of amides is 1. The van der Waals surface area contributed by atoms with Crippen LogP contribution in [0.1, 0.15) is 59.3 Å². The van der Waals surface area contributed by atoms with Crippen LogP contribution in [0.15, 0.2) is 0 Å². The van der Waals surface area contributed by atoms with Gasteiger partial charge >= 0.3 is 0 Å². The number of nitrogens with two attached hydrogens (primary N) is 1. The van der Waals surface area contributed by atoms with Crippen LogP contribution in [-0.4, -0.2) is 31.2 Å². The lowest BCUT2D eigenvalue weighted by Crippen LogP contribution is -2.68. The van der Waals surface area contributed by atoms with Crippen LogP contribution in [0.4, 0.5) is 0 Å². The highest BCUT2D eigenvalue weighted by Crippen LogP contribution is 2.51. The molecule has 0 heterocycles. The molecule has 3 N–H and O–H groups in total. The quantitative estimate of drug-likeness (QED) is 0.665. The zero-order valence-corrected chi connectivity index (χ0v) is 12.9. The van der Waals surface area contributed by atoms with Gasteiger partial charge in [0.1, 0.15) is 0 Å². The summed E-state index contributed by atoms with van der Waals surface area (Å²) in [5.74, 6) is 0.170. The van der Waals surface area contributed by atoms with Crippen LogP contribution in [0, 0.1) is 5.41 Å². The van der Waals surface area contributed by atoms with Gasteiger partial charge < -0.3 is 15.8 Å². The molecule has 1 rings (SSSR count). The molecule has 0 bridgehead atoms. The topological polar surface area (TPSA) is 64.3 Å². The minimum Gasteiger partial charge on any atom is -0.378 e. The first kappa shape index (κ1) is 16.4. The summed E-state index contributed by atoms with van der Waals surface area (Å²) in [4.78, 5) is 11.9. The second-order valence-corrected chi connectivity index (χ2v) is 6.43. The number of hydrogen-bond donors (Lipinski definition) is 2. The molecule has 0 aromatic carbocycles. The summed E-state index contributed by atoms with van der Waals surface area (Å²) in [5.41, 5.74) is 5.32. The molecule has 19 heavy (non-hydrogen) atoms. The lowest BCUT2D eigenvalue weighted by Gasteiger charge is -2.59. The maximum absolute atomic E-state index is 11.9. The summed E-state index contributed by atoms with van der Waals surface area (Å²) in [6, 6.07) is 0.231. The van der Waals surface area contributed by atoms with Gasteiger partial charge in [-0.2, -0.15) is 0 Å². The Morgan fingerprint density at radius 3 is 2.42 bits per heavy atom. The maximum Gasteiger partial charge on any atom is 0.220 e. The molecule has 1 aliphatic rings. The zero-order chi connectivity index (χ0) is 14.5. The van der Waals surface area contributed by atoms with Gasteiger partial charge in [0.15, 0.2) is 0 Å². The highest BCUT2D eigenvalue weighted by atomic mass is 16.5. The van der Waals surface area contributed by atoms with E-state index in [1.165, 1.54) is 0 Å². The molecular weight excluding hydrogens is 240 g/mol. The van der Waals surface area contributed by atoms with E-state index in [-0.39, 0.29) is 23.0 Å². The largest absolute Gasteiger partial charge is 0.378 e. The van der Waals surface area contributed by atoms with Crippen LogP contribution in [-0.2, 0) is 9.53 Å². The Morgan fingerprint density at radius 2 is 1.89 bits per heavy atom. The Balaban J connectivity index is 2.24. The summed E-state index contributed by atoms with van der Waals surface area (Å²) in [6.45, 7) is 7.18. The van der Waals surface area contributed by atoms with Gasteiger partial charge in [0.05, 0.1) is 5.60 Å². The Bertz CT molecular complexity index is 305. The smallest absolute Gasteiger partial charge is 0.220 e. The van der Waals surface area contributed by atoms with Gasteiger partial charge in [0.2, 0.25) is 5.91 Å². The second-order valence-electron chi connectivity index (χ2n) is 6.43. The van der Waals surface area contributed by atoms with Crippen molar-refractivity contribution < 1.29 is 9.53 Å². The Labute approximate surface area is 117 Å². The molecule has 1 fully saturated rings. The van der Waals surface area contributed by atoms with Crippen molar-refractivity contribution in [2.24, 2.45) is 11.1 Å². The first-order valence-corrected chi connectivity index (χ1v) is 7.42. The number of ether oxygens (including phenoxy) is 1. The van der Waals surface area contributed by atoms with E-state index in [4.69, 9.17) is 10.5 Å². The highest BCUT2D eigenvalue weighted by molar-refractivity contribution is 5.76. The van der Waals surface area contributed by atoms with E-state index in [0.29, 0.717) is 6.42 Å². The predicted molar refractivity (Wildman–Crippen MR) is 77.9 cm³/mol. The molecule has 1 saturated carbocycles. The van der Waals surface area contributed by atoms with Gasteiger partial charge in [-0.25, -0.2) is 0 Å². The van der Waals surface area contributed by atoms with Gasteiger partial charge in [-0.05, 0) is 32.7 Å². The molecule has 0 spiro atoms. The Hall–Kier alpha value is -0.610. The summed E-state index contributed by atoms with van der Waals surface area (Å²) >= 11 is 0. The average molecular weight is 270 g/mol. The predicted octanol–water partition coefficient (Wildman–Crippen LogP) is 2.22. The van der Waals surface area contributed by atoms with Gasteiger partial charge in [-0.15, -0.1) is 0 Å². The summed E-state index contributed by atoms with van der Waals surface area (Å²) in [6.07, 6.45) is 5.76. The molecule has 2 unspecified atom stereocenters. The van der Waals surface area contributed by atoms with Crippen molar-refractivity contribution in [2.45, 2.75) is 70.9 Å². The fourth-order valence-electron chi connectivity index (χ4n) is 2.77. The lowest BCUT2D eigenvalue weighted by molar-refractivity contribution is -0.182. The van der Waals surface area contributed by atoms with Crippen molar-refractivity contribution in [3.63, 3.8) is 0 Å². The van der Waals surface area contributed by atoms with E-state index in [1.807, 2.05) is 0 Å². The van der Waals surface area contributed by atoms with E-state index < -0.39 is 0 Å². The van der Waals surface area contributed by atoms with Crippen molar-refractivity contribution in [1.29, 1.82) is 0 Å². The molecule has 1 aliphatic carbocycles. The Morgan fingerprint density at radius 1 is 1.26 bits per heavy atom. The highest BCUT2D eigenvalue weighted by Gasteiger charge is 2.58. The first-order chi connectivity index (χ1) is 8.87. The van der Waals surface area contributed by atoms with E-state index in [1.54, 1.807) is 7.11 Å². The summed E-state index contributed by atoms with van der Waals surface area (Å²) in [5, 5.41) is 3.14. The third kappa shape index (κ3) is 3.69. The van der Waals surface area contributed by atoms with Crippen molar-refractivity contribution in [1.82, 2.24) is 5.32 Å².